The van der Waals surface area contributed by atoms with Gasteiger partial charge in [0.1, 0.15) is 5.15 Å². The molecule has 0 N–H and O–H groups in total. The average Bonchev–Trinajstić information content (AvgIpc) is 2.62. The molecule has 0 aliphatic carbocycles. The quantitative estimate of drug-likeness (QED) is 0.635. The number of carbonyl (C=O) groups is 1. The largest absolute Gasteiger partial charge is 0.289 e. The van der Waals surface area contributed by atoms with Gasteiger partial charge in [-0.25, -0.2) is 0 Å². The van der Waals surface area contributed by atoms with Gasteiger partial charge in [0.25, 0.3) is 0 Å². The van der Waals surface area contributed by atoms with Crippen LogP contribution in [0.2, 0.25) is 10.2 Å². The summed E-state index contributed by atoms with van der Waals surface area (Å²) in [4.78, 5) is 12.0. The maximum atomic E-state index is 12.0. The highest BCUT2D eigenvalue weighted by atomic mass is 35.5. The highest BCUT2D eigenvalue weighted by molar-refractivity contribution is 6.31. The van der Waals surface area contributed by atoms with Gasteiger partial charge >= 0.3 is 0 Å². The van der Waals surface area contributed by atoms with Crippen LogP contribution in [0.25, 0.3) is 6.08 Å². The third kappa shape index (κ3) is 3.06. The summed E-state index contributed by atoms with van der Waals surface area (Å²) in [6.45, 7) is 1.85. The van der Waals surface area contributed by atoms with E-state index in [0.29, 0.717) is 15.7 Å². The molecule has 1 heterocycles. The van der Waals surface area contributed by atoms with Crippen LogP contribution in [0.3, 0.4) is 0 Å². The van der Waals surface area contributed by atoms with Gasteiger partial charge in [0, 0.05) is 23.2 Å². The molecule has 0 aliphatic heterocycles. The molecule has 0 bridgehead atoms. The van der Waals surface area contributed by atoms with Crippen molar-refractivity contribution in [3.8, 4) is 0 Å². The number of hydrogen-bond donors (Lipinski definition) is 0. The van der Waals surface area contributed by atoms with Gasteiger partial charge in [-0.15, -0.1) is 0 Å². The number of carbonyl (C=O) groups excluding carboxylic acids is 1. The number of allylic oxidation sites excluding steroid dienone is 1. The van der Waals surface area contributed by atoms with Crippen LogP contribution in [0, 0.1) is 6.92 Å². The second-order valence-corrected chi connectivity index (χ2v) is 4.91. The van der Waals surface area contributed by atoms with Crippen LogP contribution in [0.1, 0.15) is 21.6 Å². The van der Waals surface area contributed by atoms with E-state index in [0.717, 1.165) is 11.3 Å². The fraction of sp³-hybridized carbons (Fsp3) is 0.143. The Hall–Kier alpha value is -1.58. The van der Waals surface area contributed by atoms with E-state index in [9.17, 15) is 4.79 Å². The van der Waals surface area contributed by atoms with Crippen molar-refractivity contribution in [2.45, 2.75) is 6.92 Å². The molecule has 2 aromatic rings. The molecule has 98 valence electrons. The molecule has 19 heavy (non-hydrogen) atoms. The van der Waals surface area contributed by atoms with Crippen molar-refractivity contribution >= 4 is 35.1 Å². The number of benzene rings is 1. The van der Waals surface area contributed by atoms with E-state index in [-0.39, 0.29) is 5.78 Å². The Bertz CT molecular complexity index is 642. The Morgan fingerprint density at radius 1 is 1.26 bits per heavy atom. The van der Waals surface area contributed by atoms with Gasteiger partial charge in [-0.05, 0) is 43.3 Å². The first-order chi connectivity index (χ1) is 8.99. The van der Waals surface area contributed by atoms with Crippen LogP contribution in [0.15, 0.2) is 30.3 Å². The Morgan fingerprint density at radius 2 is 1.89 bits per heavy atom. The van der Waals surface area contributed by atoms with Gasteiger partial charge in [-0.1, -0.05) is 23.2 Å². The topological polar surface area (TPSA) is 34.9 Å². The van der Waals surface area contributed by atoms with Crippen molar-refractivity contribution in [2.75, 3.05) is 0 Å². The van der Waals surface area contributed by atoms with Crippen molar-refractivity contribution in [2.24, 2.45) is 7.05 Å². The first-order valence-electron chi connectivity index (χ1n) is 5.66. The predicted molar refractivity (Wildman–Crippen MR) is 77.8 cm³/mol. The molecule has 0 fully saturated rings. The molecule has 0 saturated carbocycles. The first-order valence-corrected chi connectivity index (χ1v) is 6.41. The summed E-state index contributed by atoms with van der Waals surface area (Å²) >= 11 is 11.9. The van der Waals surface area contributed by atoms with Gasteiger partial charge < -0.3 is 0 Å². The molecule has 2 rings (SSSR count). The molecule has 0 radical (unpaired) electrons. The Labute approximate surface area is 121 Å². The van der Waals surface area contributed by atoms with Crippen molar-refractivity contribution < 1.29 is 4.79 Å². The van der Waals surface area contributed by atoms with Gasteiger partial charge in [-0.3, -0.25) is 9.48 Å². The summed E-state index contributed by atoms with van der Waals surface area (Å²) in [6, 6.07) is 6.75. The highest BCUT2D eigenvalue weighted by Crippen LogP contribution is 2.20. The van der Waals surface area contributed by atoms with E-state index < -0.39 is 0 Å². The van der Waals surface area contributed by atoms with Crippen molar-refractivity contribution in [3.05, 3.63) is 57.3 Å². The SMILES string of the molecule is Cc1nn(C)c(Cl)c1/C=C\C(=O)c1ccc(Cl)cc1. The Balaban J connectivity index is 2.23. The van der Waals surface area contributed by atoms with E-state index >= 15 is 0 Å². The van der Waals surface area contributed by atoms with Crippen LogP contribution in [-0.4, -0.2) is 15.6 Å². The number of halogens is 2. The van der Waals surface area contributed by atoms with Crippen LogP contribution >= 0.6 is 23.2 Å². The van der Waals surface area contributed by atoms with E-state index in [1.165, 1.54) is 6.08 Å². The zero-order valence-electron chi connectivity index (χ0n) is 10.5. The summed E-state index contributed by atoms with van der Waals surface area (Å²) in [5.41, 5.74) is 2.12. The third-order valence-electron chi connectivity index (χ3n) is 2.73. The molecule has 0 spiro atoms. The summed E-state index contributed by atoms with van der Waals surface area (Å²) < 4.78 is 1.57. The summed E-state index contributed by atoms with van der Waals surface area (Å²) in [7, 11) is 1.76. The van der Waals surface area contributed by atoms with Crippen LogP contribution in [0.4, 0.5) is 0 Å². The van der Waals surface area contributed by atoms with Crippen molar-refractivity contribution in [1.82, 2.24) is 9.78 Å². The van der Waals surface area contributed by atoms with E-state index in [2.05, 4.69) is 5.10 Å². The number of hydrogen-bond acceptors (Lipinski definition) is 2. The molecule has 0 atom stereocenters. The van der Waals surface area contributed by atoms with Crippen LogP contribution < -0.4 is 0 Å². The zero-order valence-corrected chi connectivity index (χ0v) is 12.0. The Kier molecular flexibility index (Phi) is 4.08. The number of ketones is 1. The molecular formula is C14H12Cl2N2O. The van der Waals surface area contributed by atoms with Gasteiger partial charge in [-0.2, -0.15) is 5.10 Å². The van der Waals surface area contributed by atoms with Crippen molar-refractivity contribution in [1.29, 1.82) is 0 Å². The average molecular weight is 295 g/mol. The second-order valence-electron chi connectivity index (χ2n) is 4.12. The predicted octanol–water partition coefficient (Wildman–Crippen LogP) is 3.93. The number of rotatable bonds is 3. The third-order valence-corrected chi connectivity index (χ3v) is 3.43. The Morgan fingerprint density at radius 3 is 2.42 bits per heavy atom. The van der Waals surface area contributed by atoms with E-state index in [1.807, 2.05) is 6.92 Å². The maximum Gasteiger partial charge on any atom is 0.185 e. The number of aryl methyl sites for hydroxylation is 2. The molecule has 0 aliphatic rings. The smallest absolute Gasteiger partial charge is 0.185 e. The van der Waals surface area contributed by atoms with E-state index in [1.54, 1.807) is 42.1 Å². The van der Waals surface area contributed by atoms with Crippen LogP contribution in [0.5, 0.6) is 0 Å². The number of aromatic nitrogens is 2. The zero-order chi connectivity index (χ0) is 14.0. The molecule has 0 amide bonds. The minimum Gasteiger partial charge on any atom is -0.289 e. The van der Waals surface area contributed by atoms with Crippen molar-refractivity contribution in [3.63, 3.8) is 0 Å². The maximum absolute atomic E-state index is 12.0. The molecule has 1 aromatic heterocycles. The van der Waals surface area contributed by atoms with E-state index in [4.69, 9.17) is 23.2 Å². The highest BCUT2D eigenvalue weighted by Gasteiger charge is 2.09. The summed E-state index contributed by atoms with van der Waals surface area (Å²) in [6.07, 6.45) is 3.17. The lowest BCUT2D eigenvalue weighted by Gasteiger charge is -1.96. The van der Waals surface area contributed by atoms with Gasteiger partial charge in [0.2, 0.25) is 0 Å². The number of nitrogens with zero attached hydrogens (tertiary/aromatic N) is 2. The molecule has 5 heteroatoms. The summed E-state index contributed by atoms with van der Waals surface area (Å²) in [5.74, 6) is -0.101. The second kappa shape index (κ2) is 5.59. The van der Waals surface area contributed by atoms with Gasteiger partial charge in [0.15, 0.2) is 5.78 Å². The minimum absolute atomic E-state index is 0.101. The molecule has 0 saturated heterocycles. The molecule has 1 aromatic carbocycles. The normalized spacial score (nSPS) is 11.2. The molecular weight excluding hydrogens is 283 g/mol. The lowest BCUT2D eigenvalue weighted by molar-refractivity contribution is 0.104. The fourth-order valence-electron chi connectivity index (χ4n) is 1.71. The lowest BCUT2D eigenvalue weighted by Crippen LogP contribution is -1.93. The fourth-order valence-corrected chi connectivity index (χ4v) is 2.07. The standard InChI is InChI=1S/C14H12Cl2N2O/c1-9-12(14(16)18(2)17-9)7-8-13(19)10-3-5-11(15)6-4-10/h3-8H,1-2H3/b8-7-. The van der Waals surface area contributed by atoms with Gasteiger partial charge in [0.05, 0.1) is 5.69 Å². The first kappa shape index (κ1) is 13.8. The molecule has 3 nitrogen and oxygen atoms in total. The van der Waals surface area contributed by atoms with Crippen LogP contribution in [-0.2, 0) is 7.05 Å². The monoisotopic (exact) mass is 294 g/mol. The summed E-state index contributed by atoms with van der Waals surface area (Å²) in [5, 5.41) is 5.29. The molecule has 0 unspecified atom stereocenters. The minimum atomic E-state index is -0.101. The lowest BCUT2D eigenvalue weighted by atomic mass is 10.1.